The number of amides is 2. The number of rotatable bonds is 11. The van der Waals surface area contributed by atoms with Crippen LogP contribution in [0.5, 0.6) is 0 Å². The van der Waals surface area contributed by atoms with Crippen LogP contribution in [0.2, 0.25) is 0 Å². The van der Waals surface area contributed by atoms with Crippen LogP contribution in [0.1, 0.15) is 46.5 Å². The van der Waals surface area contributed by atoms with Gasteiger partial charge < -0.3 is 10.2 Å². The van der Waals surface area contributed by atoms with E-state index in [4.69, 9.17) is 0 Å². The van der Waals surface area contributed by atoms with Gasteiger partial charge in [0.2, 0.25) is 11.8 Å². The van der Waals surface area contributed by atoms with E-state index >= 15 is 0 Å². The predicted octanol–water partition coefficient (Wildman–Crippen LogP) is 5.68. The quantitative estimate of drug-likeness (QED) is 0.397. The Bertz CT molecular complexity index is 1080. The highest BCUT2D eigenvalue weighted by molar-refractivity contribution is 5.94. The van der Waals surface area contributed by atoms with Gasteiger partial charge in [-0.05, 0) is 43.0 Å². The molecule has 0 aliphatic carbocycles. The number of unbranched alkanes of at least 4 members (excludes halogenated alkanes) is 1. The van der Waals surface area contributed by atoms with E-state index in [9.17, 15) is 14.0 Å². The number of halogens is 1. The molecule has 0 atom stereocenters. The largest absolute Gasteiger partial charge is 0.333 e. The maximum atomic E-state index is 13.5. The number of anilines is 1. The summed E-state index contributed by atoms with van der Waals surface area (Å²) < 4.78 is 15.1. The fourth-order valence-corrected chi connectivity index (χ4v) is 3.55. The van der Waals surface area contributed by atoms with E-state index in [2.05, 4.69) is 24.3 Å². The second kappa shape index (κ2) is 12.1. The molecule has 0 saturated carbocycles. The van der Waals surface area contributed by atoms with Crippen LogP contribution in [0.15, 0.2) is 60.7 Å². The van der Waals surface area contributed by atoms with Crippen molar-refractivity contribution in [3.63, 3.8) is 0 Å². The minimum Gasteiger partial charge on any atom is -0.333 e. The fourth-order valence-electron chi connectivity index (χ4n) is 3.55. The second-order valence-corrected chi connectivity index (χ2v) is 8.82. The molecule has 1 N–H and O–H groups in total. The first-order valence-electron chi connectivity index (χ1n) is 11.9. The van der Waals surface area contributed by atoms with Gasteiger partial charge in [-0.15, -0.1) is 0 Å². The smallest absolute Gasteiger partial charge is 0.245 e. The van der Waals surface area contributed by atoms with E-state index in [0.29, 0.717) is 36.1 Å². The number of benzene rings is 2. The molecule has 3 aromatic rings. The van der Waals surface area contributed by atoms with Gasteiger partial charge in [0, 0.05) is 24.6 Å². The summed E-state index contributed by atoms with van der Waals surface area (Å²) in [5.41, 5.74) is 2.19. The Kier molecular flexibility index (Phi) is 8.96. The average molecular weight is 465 g/mol. The molecule has 0 aliphatic rings. The standard InChI is InChI=1S/C27H33FN4O2/c1-4-5-11-27(34)31(17-16-20(2)3)19-26(33)29-25-18-24(21-9-7-6-8-10-21)30-32(25)23-14-12-22(28)13-15-23/h6-10,12-15,18,20H,4-5,11,16-17,19H2,1-3H3,(H,29,33). The lowest BCUT2D eigenvalue weighted by atomic mass is 10.1. The zero-order valence-electron chi connectivity index (χ0n) is 20.1. The average Bonchev–Trinajstić information content (AvgIpc) is 3.24. The minimum atomic E-state index is -0.351. The van der Waals surface area contributed by atoms with E-state index in [1.54, 1.807) is 27.8 Å². The van der Waals surface area contributed by atoms with Crippen LogP contribution in [0, 0.1) is 11.7 Å². The number of nitrogens with zero attached hydrogens (tertiary/aromatic N) is 3. The van der Waals surface area contributed by atoms with Crippen molar-refractivity contribution in [1.29, 1.82) is 0 Å². The first-order chi connectivity index (χ1) is 16.4. The number of nitrogens with one attached hydrogen (secondary N) is 1. The molecule has 180 valence electrons. The molecule has 0 bridgehead atoms. The molecule has 2 amide bonds. The van der Waals surface area contributed by atoms with Crippen LogP contribution in [0.25, 0.3) is 16.9 Å². The highest BCUT2D eigenvalue weighted by atomic mass is 19.1. The van der Waals surface area contributed by atoms with Gasteiger partial charge in [0.05, 0.1) is 17.9 Å². The molecule has 3 rings (SSSR count). The monoisotopic (exact) mass is 464 g/mol. The van der Waals surface area contributed by atoms with Gasteiger partial charge in [-0.3, -0.25) is 9.59 Å². The van der Waals surface area contributed by atoms with Crippen molar-refractivity contribution in [2.45, 2.75) is 46.5 Å². The molecule has 0 radical (unpaired) electrons. The highest BCUT2D eigenvalue weighted by Gasteiger charge is 2.19. The van der Waals surface area contributed by atoms with Crippen LogP contribution in [-0.2, 0) is 9.59 Å². The number of carbonyl (C=O) groups is 2. The van der Waals surface area contributed by atoms with Crippen molar-refractivity contribution in [2.75, 3.05) is 18.4 Å². The van der Waals surface area contributed by atoms with Crippen molar-refractivity contribution in [3.05, 3.63) is 66.5 Å². The summed E-state index contributed by atoms with van der Waals surface area (Å²) in [4.78, 5) is 27.4. The van der Waals surface area contributed by atoms with Gasteiger partial charge >= 0.3 is 0 Å². The normalized spacial score (nSPS) is 11.0. The van der Waals surface area contributed by atoms with Gasteiger partial charge in [0.25, 0.3) is 0 Å². The van der Waals surface area contributed by atoms with Crippen LogP contribution in [0.4, 0.5) is 10.2 Å². The molecule has 34 heavy (non-hydrogen) atoms. The van der Waals surface area contributed by atoms with Gasteiger partial charge in [-0.2, -0.15) is 5.10 Å². The Morgan fingerprint density at radius 1 is 1.09 bits per heavy atom. The van der Waals surface area contributed by atoms with Crippen LogP contribution in [-0.4, -0.2) is 39.6 Å². The van der Waals surface area contributed by atoms with Gasteiger partial charge in [0.1, 0.15) is 11.6 Å². The molecule has 0 saturated heterocycles. The number of hydrogen-bond donors (Lipinski definition) is 1. The highest BCUT2D eigenvalue weighted by Crippen LogP contribution is 2.25. The molecule has 6 nitrogen and oxygen atoms in total. The lowest BCUT2D eigenvalue weighted by molar-refractivity contribution is -0.135. The third-order valence-electron chi connectivity index (χ3n) is 5.53. The second-order valence-electron chi connectivity index (χ2n) is 8.82. The van der Waals surface area contributed by atoms with Crippen molar-refractivity contribution in [1.82, 2.24) is 14.7 Å². The van der Waals surface area contributed by atoms with Gasteiger partial charge in [-0.1, -0.05) is 57.5 Å². The first-order valence-corrected chi connectivity index (χ1v) is 11.9. The molecule has 7 heteroatoms. The Balaban J connectivity index is 1.84. The van der Waals surface area contributed by atoms with Gasteiger partial charge in [-0.25, -0.2) is 9.07 Å². The summed E-state index contributed by atoms with van der Waals surface area (Å²) in [6.07, 6.45) is 3.00. The number of carbonyl (C=O) groups excluding carboxylic acids is 2. The van der Waals surface area contributed by atoms with Crippen molar-refractivity contribution in [2.24, 2.45) is 5.92 Å². The first kappa shape index (κ1) is 25.1. The van der Waals surface area contributed by atoms with E-state index < -0.39 is 0 Å². The van der Waals surface area contributed by atoms with Crippen molar-refractivity contribution in [3.8, 4) is 16.9 Å². The molecule has 0 aliphatic heterocycles. The third-order valence-corrected chi connectivity index (χ3v) is 5.53. The summed E-state index contributed by atoms with van der Waals surface area (Å²) in [6.45, 7) is 6.76. The molecule has 0 spiro atoms. The predicted molar refractivity (Wildman–Crippen MR) is 133 cm³/mol. The SMILES string of the molecule is CCCCC(=O)N(CCC(C)C)CC(=O)Nc1cc(-c2ccccc2)nn1-c1ccc(F)cc1. The topological polar surface area (TPSA) is 67.2 Å². The van der Waals surface area contributed by atoms with E-state index in [1.807, 2.05) is 37.3 Å². The van der Waals surface area contributed by atoms with Crippen molar-refractivity contribution < 1.29 is 14.0 Å². The third kappa shape index (κ3) is 7.01. The van der Waals surface area contributed by atoms with Crippen LogP contribution >= 0.6 is 0 Å². The zero-order valence-corrected chi connectivity index (χ0v) is 20.1. The fraction of sp³-hybridized carbons (Fsp3) is 0.370. The maximum absolute atomic E-state index is 13.5. The minimum absolute atomic E-state index is 0.00494. The Hall–Kier alpha value is -3.48. The van der Waals surface area contributed by atoms with E-state index in [-0.39, 0.29) is 24.2 Å². The molecular formula is C27H33FN4O2. The van der Waals surface area contributed by atoms with E-state index in [1.165, 1.54) is 12.1 Å². The summed E-state index contributed by atoms with van der Waals surface area (Å²) >= 11 is 0. The molecule has 1 aromatic heterocycles. The molecular weight excluding hydrogens is 431 g/mol. The molecule has 0 unspecified atom stereocenters. The maximum Gasteiger partial charge on any atom is 0.245 e. The lowest BCUT2D eigenvalue weighted by Gasteiger charge is -2.23. The van der Waals surface area contributed by atoms with Gasteiger partial charge in [0.15, 0.2) is 0 Å². The van der Waals surface area contributed by atoms with Crippen LogP contribution in [0.3, 0.4) is 0 Å². The Labute approximate surface area is 200 Å². The summed E-state index contributed by atoms with van der Waals surface area (Å²) in [5.74, 6) is 0.237. The molecule has 2 aromatic carbocycles. The Morgan fingerprint density at radius 2 is 1.79 bits per heavy atom. The summed E-state index contributed by atoms with van der Waals surface area (Å²) in [7, 11) is 0. The van der Waals surface area contributed by atoms with Crippen molar-refractivity contribution >= 4 is 17.6 Å². The summed E-state index contributed by atoms with van der Waals surface area (Å²) in [5, 5.41) is 7.56. The van der Waals surface area contributed by atoms with Crippen LogP contribution < -0.4 is 5.32 Å². The molecule has 1 heterocycles. The Morgan fingerprint density at radius 3 is 2.44 bits per heavy atom. The van der Waals surface area contributed by atoms with E-state index in [0.717, 1.165) is 24.8 Å². The lowest BCUT2D eigenvalue weighted by Crippen LogP contribution is -2.39. The number of hydrogen-bond acceptors (Lipinski definition) is 3. The zero-order chi connectivity index (χ0) is 24.5. The number of aromatic nitrogens is 2. The summed E-state index contributed by atoms with van der Waals surface area (Å²) in [6, 6.07) is 17.3. The molecule has 0 fully saturated rings.